The Hall–Kier alpha value is -2.43. The van der Waals surface area contributed by atoms with Gasteiger partial charge in [-0.25, -0.2) is 0 Å². The molecule has 0 spiro atoms. The van der Waals surface area contributed by atoms with E-state index >= 15 is 0 Å². The van der Waals surface area contributed by atoms with Gasteiger partial charge in [-0.05, 0) is 74.9 Å². The van der Waals surface area contributed by atoms with E-state index in [9.17, 15) is 4.79 Å². The zero-order chi connectivity index (χ0) is 17.8. The molecule has 3 rings (SSSR count). The monoisotopic (exact) mass is 338 g/mol. The molecule has 2 aromatic rings. The third-order valence-corrected chi connectivity index (χ3v) is 5.02. The first-order chi connectivity index (χ1) is 12.1. The van der Waals surface area contributed by atoms with Gasteiger partial charge < -0.3 is 10.2 Å². The second-order valence-corrected chi connectivity index (χ2v) is 6.78. The number of hydrogen-bond acceptors (Lipinski definition) is 4. The van der Waals surface area contributed by atoms with Crippen molar-refractivity contribution in [2.24, 2.45) is 0 Å². The van der Waals surface area contributed by atoms with Gasteiger partial charge in [-0.15, -0.1) is 10.2 Å². The molecule has 1 saturated heterocycles. The summed E-state index contributed by atoms with van der Waals surface area (Å²) < 4.78 is 0. The average molecular weight is 338 g/mol. The molecule has 2 heterocycles. The van der Waals surface area contributed by atoms with Crippen LogP contribution < -0.4 is 5.32 Å². The van der Waals surface area contributed by atoms with E-state index in [-0.39, 0.29) is 5.91 Å². The maximum Gasteiger partial charge on any atom is 0.274 e. The summed E-state index contributed by atoms with van der Waals surface area (Å²) in [6.07, 6.45) is 4.35. The van der Waals surface area contributed by atoms with Crippen molar-refractivity contribution in [1.82, 2.24) is 15.1 Å². The Bertz CT molecular complexity index is 742. The minimum absolute atomic E-state index is 0.00298. The summed E-state index contributed by atoms with van der Waals surface area (Å²) in [6.45, 7) is 7.13. The predicted octanol–water partition coefficient (Wildman–Crippen LogP) is 4.24. The first kappa shape index (κ1) is 17.4. The Morgan fingerprint density at radius 2 is 2.00 bits per heavy atom. The molecule has 1 fully saturated rings. The van der Waals surface area contributed by atoms with Gasteiger partial charge in [0, 0.05) is 18.3 Å². The number of nitrogens with one attached hydrogen (secondary N) is 1. The summed E-state index contributed by atoms with van der Waals surface area (Å²) in [5.74, 6) is 0.641. The van der Waals surface area contributed by atoms with Gasteiger partial charge >= 0.3 is 0 Å². The fourth-order valence-corrected chi connectivity index (χ4v) is 3.32. The Balaban J connectivity index is 1.71. The Morgan fingerprint density at radius 1 is 1.16 bits per heavy atom. The van der Waals surface area contributed by atoms with E-state index in [1.165, 1.54) is 17.5 Å². The van der Waals surface area contributed by atoms with E-state index < -0.39 is 0 Å². The summed E-state index contributed by atoms with van der Waals surface area (Å²) in [7, 11) is 0. The van der Waals surface area contributed by atoms with Crippen LogP contribution in [0.4, 0.5) is 11.5 Å². The van der Waals surface area contributed by atoms with Crippen LogP contribution in [0.1, 0.15) is 54.2 Å². The van der Waals surface area contributed by atoms with Gasteiger partial charge in [-0.3, -0.25) is 4.79 Å². The summed E-state index contributed by atoms with van der Waals surface area (Å²) in [5.41, 5.74) is 3.87. The molecule has 132 valence electrons. The topological polar surface area (TPSA) is 58.1 Å². The highest BCUT2D eigenvalue weighted by molar-refractivity contribution is 5.92. The van der Waals surface area contributed by atoms with Crippen LogP contribution in [-0.4, -0.2) is 33.6 Å². The van der Waals surface area contributed by atoms with E-state index in [2.05, 4.69) is 48.4 Å². The highest BCUT2D eigenvalue weighted by Gasteiger charge is 2.27. The lowest BCUT2D eigenvalue weighted by atomic mass is 9.99. The van der Waals surface area contributed by atoms with E-state index in [1.54, 1.807) is 6.07 Å². The molecular formula is C20H26N4O. The molecule has 1 aromatic heterocycles. The van der Waals surface area contributed by atoms with Crippen molar-refractivity contribution in [2.45, 2.75) is 52.5 Å². The summed E-state index contributed by atoms with van der Waals surface area (Å²) in [4.78, 5) is 14.7. The maximum atomic E-state index is 12.7. The van der Waals surface area contributed by atoms with Crippen molar-refractivity contribution in [2.75, 3.05) is 11.9 Å². The number of benzene rings is 1. The minimum Gasteiger partial charge on any atom is -0.339 e. The van der Waals surface area contributed by atoms with Crippen LogP contribution in [-0.2, 0) is 0 Å². The first-order valence-corrected chi connectivity index (χ1v) is 9.07. The predicted molar refractivity (Wildman–Crippen MR) is 100 cm³/mol. The van der Waals surface area contributed by atoms with Crippen molar-refractivity contribution >= 4 is 17.4 Å². The molecular weight excluding hydrogens is 312 g/mol. The molecule has 25 heavy (non-hydrogen) atoms. The van der Waals surface area contributed by atoms with Crippen molar-refractivity contribution in [3.05, 3.63) is 47.2 Å². The molecule has 1 aliphatic heterocycles. The quantitative estimate of drug-likeness (QED) is 0.906. The Morgan fingerprint density at radius 3 is 2.68 bits per heavy atom. The lowest BCUT2D eigenvalue weighted by molar-refractivity contribution is 0.0601. The van der Waals surface area contributed by atoms with Gasteiger partial charge in [0.15, 0.2) is 11.5 Å². The molecule has 0 saturated carbocycles. The number of hydrogen-bond donors (Lipinski definition) is 1. The van der Waals surface area contributed by atoms with Crippen molar-refractivity contribution in [3.8, 4) is 0 Å². The van der Waals surface area contributed by atoms with Crippen molar-refractivity contribution in [1.29, 1.82) is 0 Å². The Labute approximate surface area is 149 Å². The first-order valence-electron chi connectivity index (χ1n) is 9.07. The second kappa shape index (κ2) is 7.64. The van der Waals surface area contributed by atoms with Gasteiger partial charge in [0.25, 0.3) is 5.91 Å². The minimum atomic E-state index is -0.00298. The van der Waals surface area contributed by atoms with Crippen LogP contribution in [0.5, 0.6) is 0 Å². The molecule has 5 nitrogen and oxygen atoms in total. The van der Waals surface area contributed by atoms with E-state index in [4.69, 9.17) is 0 Å². The number of amides is 1. The smallest absolute Gasteiger partial charge is 0.274 e. The largest absolute Gasteiger partial charge is 0.339 e. The number of likely N-dealkylation sites (tertiary alicyclic amines) is 1. The number of carbonyl (C=O) groups is 1. The summed E-state index contributed by atoms with van der Waals surface area (Å²) in [5, 5.41) is 11.6. The highest BCUT2D eigenvalue weighted by Crippen LogP contribution is 2.22. The van der Waals surface area contributed by atoms with Crippen LogP contribution in [0.2, 0.25) is 0 Å². The van der Waals surface area contributed by atoms with E-state index in [1.807, 2.05) is 17.0 Å². The number of aryl methyl sites for hydroxylation is 2. The van der Waals surface area contributed by atoms with Crippen molar-refractivity contribution < 1.29 is 4.79 Å². The normalized spacial score (nSPS) is 17.4. The fraction of sp³-hybridized carbons (Fsp3) is 0.450. The summed E-state index contributed by atoms with van der Waals surface area (Å²) >= 11 is 0. The number of nitrogens with zero attached hydrogens (tertiary/aromatic N) is 3. The van der Waals surface area contributed by atoms with Crippen LogP contribution in [0.3, 0.4) is 0 Å². The molecule has 1 aromatic carbocycles. The molecule has 0 bridgehead atoms. The third-order valence-electron chi connectivity index (χ3n) is 5.02. The lowest BCUT2D eigenvalue weighted by Gasteiger charge is -2.34. The maximum absolute atomic E-state index is 12.7. The van der Waals surface area contributed by atoms with Crippen LogP contribution in [0.15, 0.2) is 30.3 Å². The van der Waals surface area contributed by atoms with Gasteiger partial charge in [-0.1, -0.05) is 13.0 Å². The molecule has 1 amide bonds. The Kier molecular flexibility index (Phi) is 5.31. The SMILES string of the molecule is CCC1CCCCN1C(=O)c1ccc(Nc2ccc(C)c(C)c2)nn1. The second-order valence-electron chi connectivity index (χ2n) is 6.78. The molecule has 0 aliphatic carbocycles. The van der Waals surface area contributed by atoms with Crippen LogP contribution >= 0.6 is 0 Å². The molecule has 0 radical (unpaired) electrons. The molecule has 1 unspecified atom stereocenters. The number of aromatic nitrogens is 2. The van der Waals surface area contributed by atoms with E-state index in [0.717, 1.165) is 31.5 Å². The van der Waals surface area contributed by atoms with Crippen LogP contribution in [0.25, 0.3) is 0 Å². The highest BCUT2D eigenvalue weighted by atomic mass is 16.2. The zero-order valence-electron chi connectivity index (χ0n) is 15.2. The van der Waals surface area contributed by atoms with Crippen molar-refractivity contribution in [3.63, 3.8) is 0 Å². The third kappa shape index (κ3) is 3.98. The molecule has 1 aliphatic rings. The molecule has 1 atom stereocenters. The summed E-state index contributed by atoms with van der Waals surface area (Å²) in [6, 6.07) is 10.1. The van der Waals surface area contributed by atoms with E-state index in [0.29, 0.717) is 17.6 Å². The standard InChI is InChI=1S/C20H26N4O/c1-4-17-7-5-6-12-24(17)20(25)18-10-11-19(23-22-18)21-16-9-8-14(2)15(3)13-16/h8-11,13,17H,4-7,12H2,1-3H3,(H,21,23). The zero-order valence-corrected chi connectivity index (χ0v) is 15.2. The number of carbonyl (C=O) groups excluding carboxylic acids is 1. The average Bonchev–Trinajstić information content (AvgIpc) is 2.65. The van der Waals surface area contributed by atoms with Gasteiger partial charge in [0.1, 0.15) is 0 Å². The van der Waals surface area contributed by atoms with Gasteiger partial charge in [0.05, 0.1) is 0 Å². The van der Waals surface area contributed by atoms with Gasteiger partial charge in [-0.2, -0.15) is 0 Å². The number of piperidine rings is 1. The van der Waals surface area contributed by atoms with Gasteiger partial charge in [0.2, 0.25) is 0 Å². The fourth-order valence-electron chi connectivity index (χ4n) is 3.32. The molecule has 5 heteroatoms. The lowest BCUT2D eigenvalue weighted by Crippen LogP contribution is -2.43. The number of rotatable bonds is 4. The molecule has 1 N–H and O–H groups in total. The number of anilines is 2. The van der Waals surface area contributed by atoms with Crippen LogP contribution in [0, 0.1) is 13.8 Å².